The zero-order chi connectivity index (χ0) is 17.3. The average molecular weight is 331 g/mol. The number of carbonyl (C=O) groups is 1. The molecule has 0 aliphatic carbocycles. The molecule has 3 rings (SSSR count). The molecule has 0 spiro atoms. The van der Waals surface area contributed by atoms with Gasteiger partial charge in [-0.15, -0.1) is 0 Å². The number of hydrogen-bond donors (Lipinski definition) is 1. The van der Waals surface area contributed by atoms with Crippen LogP contribution in [0.25, 0.3) is 11.0 Å². The molecule has 0 saturated carbocycles. The Morgan fingerprint density at radius 1 is 1.12 bits per heavy atom. The number of amides is 1. The number of anilines is 1. The van der Waals surface area contributed by atoms with Gasteiger partial charge in [-0.1, -0.05) is 30.3 Å². The lowest BCUT2D eigenvalue weighted by Crippen LogP contribution is -2.14. The summed E-state index contributed by atoms with van der Waals surface area (Å²) in [4.78, 5) is 12.5. The van der Waals surface area contributed by atoms with Gasteiger partial charge in [-0.2, -0.15) is 8.78 Å². The Labute approximate surface area is 137 Å². The molecule has 1 aromatic heterocycles. The van der Waals surface area contributed by atoms with Gasteiger partial charge < -0.3 is 14.5 Å². The molecular weight excluding hydrogens is 316 g/mol. The first kappa shape index (κ1) is 16.0. The largest absolute Gasteiger partial charge is 0.450 e. The molecule has 0 fully saturated rings. The molecule has 6 heteroatoms. The zero-order valence-corrected chi connectivity index (χ0v) is 13.1. The number of aryl methyl sites for hydroxylation is 2. The van der Waals surface area contributed by atoms with E-state index in [2.05, 4.69) is 10.1 Å². The van der Waals surface area contributed by atoms with Crippen LogP contribution in [0.2, 0.25) is 0 Å². The van der Waals surface area contributed by atoms with Gasteiger partial charge in [0.25, 0.3) is 5.91 Å². The topological polar surface area (TPSA) is 51.5 Å². The Balaban J connectivity index is 1.94. The number of halogens is 2. The molecule has 0 aliphatic heterocycles. The molecule has 2 aromatic carbocycles. The van der Waals surface area contributed by atoms with Crippen molar-refractivity contribution in [1.82, 2.24) is 0 Å². The summed E-state index contributed by atoms with van der Waals surface area (Å²) in [6.45, 7) is 0.694. The van der Waals surface area contributed by atoms with Gasteiger partial charge in [0.1, 0.15) is 11.3 Å². The summed E-state index contributed by atoms with van der Waals surface area (Å²) in [5.41, 5.74) is 2.39. The molecule has 24 heavy (non-hydrogen) atoms. The Morgan fingerprint density at radius 3 is 2.58 bits per heavy atom. The number of ether oxygens (including phenoxy) is 1. The quantitative estimate of drug-likeness (QED) is 0.739. The molecule has 0 unspecified atom stereocenters. The van der Waals surface area contributed by atoms with Crippen molar-refractivity contribution in [1.29, 1.82) is 0 Å². The maximum atomic E-state index is 12.5. The highest BCUT2D eigenvalue weighted by molar-refractivity contribution is 6.07. The fourth-order valence-electron chi connectivity index (χ4n) is 2.55. The van der Waals surface area contributed by atoms with Crippen LogP contribution in [-0.4, -0.2) is 12.5 Å². The van der Waals surface area contributed by atoms with Gasteiger partial charge in [0, 0.05) is 10.9 Å². The summed E-state index contributed by atoms with van der Waals surface area (Å²) in [5.74, 6) is -0.481. The summed E-state index contributed by atoms with van der Waals surface area (Å²) in [6.07, 6.45) is 0. The van der Waals surface area contributed by atoms with Crippen molar-refractivity contribution in [2.24, 2.45) is 0 Å². The van der Waals surface area contributed by atoms with Crippen LogP contribution in [0.5, 0.6) is 5.75 Å². The first-order valence-electron chi connectivity index (χ1n) is 7.31. The number of rotatable bonds is 4. The van der Waals surface area contributed by atoms with E-state index in [-0.39, 0.29) is 17.2 Å². The second kappa shape index (κ2) is 6.31. The van der Waals surface area contributed by atoms with E-state index in [0.29, 0.717) is 11.1 Å². The van der Waals surface area contributed by atoms with E-state index >= 15 is 0 Å². The van der Waals surface area contributed by atoms with Crippen LogP contribution in [0.4, 0.5) is 14.5 Å². The fourth-order valence-corrected chi connectivity index (χ4v) is 2.55. The van der Waals surface area contributed by atoms with Gasteiger partial charge in [-0.05, 0) is 31.5 Å². The average Bonchev–Trinajstić information content (AvgIpc) is 2.88. The third-order valence-corrected chi connectivity index (χ3v) is 3.72. The molecule has 1 amide bonds. The van der Waals surface area contributed by atoms with Crippen LogP contribution in [0, 0.1) is 13.8 Å². The van der Waals surface area contributed by atoms with Gasteiger partial charge in [0.2, 0.25) is 0 Å². The van der Waals surface area contributed by atoms with Crippen molar-refractivity contribution in [3.8, 4) is 5.75 Å². The maximum Gasteiger partial charge on any atom is 0.387 e. The molecule has 4 nitrogen and oxygen atoms in total. The minimum atomic E-state index is -2.97. The Morgan fingerprint density at radius 2 is 1.88 bits per heavy atom. The van der Waals surface area contributed by atoms with Crippen molar-refractivity contribution in [3.05, 3.63) is 59.4 Å². The summed E-state index contributed by atoms with van der Waals surface area (Å²) in [5, 5.41) is 3.41. The number of alkyl halides is 2. The highest BCUT2D eigenvalue weighted by Crippen LogP contribution is 2.30. The molecule has 0 aliphatic rings. The standard InChI is InChI=1S/C18H15F2NO3/c1-10-6-5-7-12-11(2)16(24-15(10)12)17(22)21-13-8-3-4-9-14(13)23-18(19)20/h3-9,18H,1-2H3,(H,21,22). The van der Waals surface area contributed by atoms with Crippen LogP contribution < -0.4 is 10.1 Å². The zero-order valence-electron chi connectivity index (χ0n) is 13.1. The summed E-state index contributed by atoms with van der Waals surface area (Å²) < 4.78 is 35.0. The third-order valence-electron chi connectivity index (χ3n) is 3.72. The minimum absolute atomic E-state index is 0.106. The van der Waals surface area contributed by atoms with Crippen LogP contribution >= 0.6 is 0 Å². The normalized spacial score (nSPS) is 11.0. The van der Waals surface area contributed by atoms with Crippen LogP contribution in [0.15, 0.2) is 46.9 Å². The van der Waals surface area contributed by atoms with Crippen molar-refractivity contribution in [2.75, 3.05) is 5.32 Å². The van der Waals surface area contributed by atoms with E-state index in [1.807, 2.05) is 25.1 Å². The van der Waals surface area contributed by atoms with E-state index < -0.39 is 12.5 Å². The smallest absolute Gasteiger partial charge is 0.387 e. The predicted octanol–water partition coefficient (Wildman–Crippen LogP) is 4.90. The van der Waals surface area contributed by atoms with Crippen LogP contribution in [-0.2, 0) is 0 Å². The number of para-hydroxylation sites is 3. The second-order valence-corrected chi connectivity index (χ2v) is 5.34. The van der Waals surface area contributed by atoms with E-state index in [4.69, 9.17) is 4.42 Å². The number of nitrogens with one attached hydrogen (secondary N) is 1. The first-order chi connectivity index (χ1) is 11.5. The Kier molecular flexibility index (Phi) is 4.20. The summed E-state index contributed by atoms with van der Waals surface area (Å²) >= 11 is 0. The van der Waals surface area contributed by atoms with Gasteiger partial charge in [0.15, 0.2) is 5.76 Å². The number of carbonyl (C=O) groups excluding carboxylic acids is 1. The number of benzene rings is 2. The molecule has 1 N–H and O–H groups in total. The molecule has 124 valence electrons. The second-order valence-electron chi connectivity index (χ2n) is 5.34. The Hall–Kier alpha value is -2.89. The fraction of sp³-hybridized carbons (Fsp3) is 0.167. The molecule has 1 heterocycles. The lowest BCUT2D eigenvalue weighted by Gasteiger charge is -2.11. The van der Waals surface area contributed by atoms with E-state index in [0.717, 1.165) is 10.9 Å². The van der Waals surface area contributed by atoms with Gasteiger partial charge in [0.05, 0.1) is 5.69 Å². The van der Waals surface area contributed by atoms with E-state index in [1.54, 1.807) is 19.1 Å². The monoisotopic (exact) mass is 331 g/mol. The highest BCUT2D eigenvalue weighted by atomic mass is 19.3. The molecule has 0 radical (unpaired) electrons. The minimum Gasteiger partial charge on any atom is -0.450 e. The Bertz CT molecular complexity index is 902. The molecule has 0 atom stereocenters. The van der Waals surface area contributed by atoms with E-state index in [1.165, 1.54) is 12.1 Å². The van der Waals surface area contributed by atoms with Gasteiger partial charge >= 0.3 is 6.61 Å². The molecular formula is C18H15F2NO3. The van der Waals surface area contributed by atoms with Crippen molar-refractivity contribution in [3.63, 3.8) is 0 Å². The van der Waals surface area contributed by atoms with Gasteiger partial charge in [-0.25, -0.2) is 0 Å². The van der Waals surface area contributed by atoms with E-state index in [9.17, 15) is 13.6 Å². The van der Waals surface area contributed by atoms with Crippen molar-refractivity contribution >= 4 is 22.6 Å². The lowest BCUT2D eigenvalue weighted by molar-refractivity contribution is -0.0493. The molecule has 0 bridgehead atoms. The number of furan rings is 1. The summed E-state index contributed by atoms with van der Waals surface area (Å²) in [7, 11) is 0. The maximum absolute atomic E-state index is 12.5. The van der Waals surface area contributed by atoms with Crippen molar-refractivity contribution < 1.29 is 22.7 Å². The predicted molar refractivity (Wildman–Crippen MR) is 86.7 cm³/mol. The van der Waals surface area contributed by atoms with Crippen LogP contribution in [0.1, 0.15) is 21.7 Å². The summed E-state index contributed by atoms with van der Waals surface area (Å²) in [6, 6.07) is 11.6. The number of hydrogen-bond acceptors (Lipinski definition) is 3. The van der Waals surface area contributed by atoms with Crippen LogP contribution in [0.3, 0.4) is 0 Å². The SMILES string of the molecule is Cc1c(C(=O)Nc2ccccc2OC(F)F)oc2c(C)cccc12. The number of fused-ring (bicyclic) bond motifs is 1. The highest BCUT2D eigenvalue weighted by Gasteiger charge is 2.20. The third kappa shape index (κ3) is 2.95. The van der Waals surface area contributed by atoms with Crippen molar-refractivity contribution in [2.45, 2.75) is 20.5 Å². The molecule has 3 aromatic rings. The first-order valence-corrected chi connectivity index (χ1v) is 7.31. The lowest BCUT2D eigenvalue weighted by atomic mass is 10.1. The van der Waals surface area contributed by atoms with Gasteiger partial charge in [-0.3, -0.25) is 4.79 Å². The molecule has 0 saturated heterocycles.